The highest BCUT2D eigenvalue weighted by Crippen LogP contribution is 2.19. The molecule has 1 aromatic heterocycles. The average Bonchev–Trinajstić information content (AvgIpc) is 2.46. The molecule has 1 aromatic carbocycles. The SMILES string of the molecule is C#Cc1cc2cc(C)ccc2o1. The van der Waals surface area contributed by atoms with Crippen LogP contribution in [0.15, 0.2) is 28.7 Å². The maximum absolute atomic E-state index is 5.34. The van der Waals surface area contributed by atoms with Crippen molar-refractivity contribution >= 4 is 11.0 Å². The van der Waals surface area contributed by atoms with Gasteiger partial charge in [-0.3, -0.25) is 0 Å². The molecular formula is C11H8O. The number of furan rings is 1. The van der Waals surface area contributed by atoms with Crippen LogP contribution in [0.4, 0.5) is 0 Å². The second-order valence-electron chi connectivity index (χ2n) is 2.80. The summed E-state index contributed by atoms with van der Waals surface area (Å²) >= 11 is 0. The fraction of sp³-hybridized carbons (Fsp3) is 0.0909. The molecule has 0 aliphatic carbocycles. The molecule has 1 nitrogen and oxygen atoms in total. The molecule has 1 heteroatoms. The minimum absolute atomic E-state index is 0.593. The highest BCUT2D eigenvalue weighted by atomic mass is 16.3. The van der Waals surface area contributed by atoms with Gasteiger partial charge in [-0.25, -0.2) is 0 Å². The first kappa shape index (κ1) is 7.00. The van der Waals surface area contributed by atoms with Crippen LogP contribution in [-0.4, -0.2) is 0 Å². The number of rotatable bonds is 0. The van der Waals surface area contributed by atoms with E-state index in [1.165, 1.54) is 5.56 Å². The molecule has 0 spiro atoms. The smallest absolute Gasteiger partial charge is 0.177 e. The molecular weight excluding hydrogens is 148 g/mol. The van der Waals surface area contributed by atoms with Crippen molar-refractivity contribution in [2.24, 2.45) is 0 Å². The summed E-state index contributed by atoms with van der Waals surface area (Å²) in [5.74, 6) is 3.06. The van der Waals surface area contributed by atoms with E-state index >= 15 is 0 Å². The van der Waals surface area contributed by atoms with Crippen LogP contribution >= 0.6 is 0 Å². The minimum Gasteiger partial charge on any atom is -0.448 e. The molecule has 0 aliphatic rings. The van der Waals surface area contributed by atoms with Gasteiger partial charge < -0.3 is 4.42 Å². The molecule has 0 aliphatic heterocycles. The van der Waals surface area contributed by atoms with Crippen LogP contribution in [0.3, 0.4) is 0 Å². The Kier molecular flexibility index (Phi) is 1.41. The lowest BCUT2D eigenvalue weighted by Gasteiger charge is -1.89. The number of benzene rings is 1. The molecule has 1 heterocycles. The molecule has 0 amide bonds. The van der Waals surface area contributed by atoms with Crippen LogP contribution in [0.2, 0.25) is 0 Å². The largest absolute Gasteiger partial charge is 0.448 e. The zero-order chi connectivity index (χ0) is 8.55. The Morgan fingerprint density at radius 1 is 1.33 bits per heavy atom. The fourth-order valence-electron chi connectivity index (χ4n) is 1.23. The predicted octanol–water partition coefficient (Wildman–Crippen LogP) is 2.72. The van der Waals surface area contributed by atoms with E-state index < -0.39 is 0 Å². The molecule has 12 heavy (non-hydrogen) atoms. The molecule has 0 saturated carbocycles. The van der Waals surface area contributed by atoms with E-state index in [1.54, 1.807) is 0 Å². The van der Waals surface area contributed by atoms with Gasteiger partial charge in [0.25, 0.3) is 0 Å². The summed E-state index contributed by atoms with van der Waals surface area (Å²) in [5, 5.41) is 1.07. The molecule has 0 fully saturated rings. The van der Waals surface area contributed by atoms with Gasteiger partial charge >= 0.3 is 0 Å². The van der Waals surface area contributed by atoms with Gasteiger partial charge in [-0.2, -0.15) is 0 Å². The first-order chi connectivity index (χ1) is 5.79. The molecule has 0 atom stereocenters. The highest BCUT2D eigenvalue weighted by Gasteiger charge is 1.99. The third-order valence-corrected chi connectivity index (χ3v) is 1.81. The predicted molar refractivity (Wildman–Crippen MR) is 48.9 cm³/mol. The van der Waals surface area contributed by atoms with Crippen molar-refractivity contribution in [3.63, 3.8) is 0 Å². The van der Waals surface area contributed by atoms with Gasteiger partial charge in [0.1, 0.15) is 5.58 Å². The number of terminal acetylenes is 1. The van der Waals surface area contributed by atoms with Crippen molar-refractivity contribution in [1.82, 2.24) is 0 Å². The van der Waals surface area contributed by atoms with Crippen molar-refractivity contribution in [2.75, 3.05) is 0 Å². The van der Waals surface area contributed by atoms with Crippen molar-refractivity contribution in [1.29, 1.82) is 0 Å². The van der Waals surface area contributed by atoms with E-state index in [9.17, 15) is 0 Å². The lowest BCUT2D eigenvalue weighted by molar-refractivity contribution is 0.601. The summed E-state index contributed by atoms with van der Waals surface area (Å²) in [4.78, 5) is 0. The van der Waals surface area contributed by atoms with Crippen LogP contribution in [0.25, 0.3) is 11.0 Å². The molecule has 0 N–H and O–H groups in total. The third kappa shape index (κ3) is 0.981. The second kappa shape index (κ2) is 2.42. The van der Waals surface area contributed by atoms with Crippen LogP contribution in [-0.2, 0) is 0 Å². The molecule has 0 bridgehead atoms. The van der Waals surface area contributed by atoms with Gasteiger partial charge in [-0.05, 0) is 25.0 Å². The first-order valence-corrected chi connectivity index (χ1v) is 3.76. The van der Waals surface area contributed by atoms with Gasteiger partial charge in [0.15, 0.2) is 5.76 Å². The van der Waals surface area contributed by atoms with Crippen molar-refractivity contribution in [2.45, 2.75) is 6.92 Å². The molecule has 58 valence electrons. The third-order valence-electron chi connectivity index (χ3n) is 1.81. The normalized spacial score (nSPS) is 10.0. The van der Waals surface area contributed by atoms with Crippen LogP contribution in [0, 0.1) is 19.3 Å². The first-order valence-electron chi connectivity index (χ1n) is 3.76. The van der Waals surface area contributed by atoms with Crippen LogP contribution in [0.5, 0.6) is 0 Å². The standard InChI is InChI=1S/C11H8O/c1-3-10-7-9-6-8(2)4-5-11(9)12-10/h1,4-7H,2H3. The molecule has 2 rings (SSSR count). The number of aryl methyl sites for hydroxylation is 1. The van der Waals surface area contributed by atoms with Gasteiger partial charge in [0, 0.05) is 11.5 Å². The van der Waals surface area contributed by atoms with Crippen molar-refractivity contribution < 1.29 is 4.42 Å². The maximum atomic E-state index is 5.34. The van der Waals surface area contributed by atoms with Crippen molar-refractivity contribution in [3.8, 4) is 12.3 Å². The van der Waals surface area contributed by atoms with Gasteiger partial charge in [0.2, 0.25) is 0 Å². The Labute approximate surface area is 71.0 Å². The lowest BCUT2D eigenvalue weighted by Crippen LogP contribution is -1.67. The topological polar surface area (TPSA) is 13.1 Å². The van der Waals surface area contributed by atoms with Crippen LogP contribution < -0.4 is 0 Å². The lowest BCUT2D eigenvalue weighted by atomic mass is 10.2. The van der Waals surface area contributed by atoms with E-state index in [4.69, 9.17) is 10.8 Å². The Morgan fingerprint density at radius 3 is 2.92 bits per heavy atom. The zero-order valence-corrected chi connectivity index (χ0v) is 6.79. The zero-order valence-electron chi connectivity index (χ0n) is 6.79. The molecule has 0 unspecified atom stereocenters. The number of fused-ring (bicyclic) bond motifs is 1. The highest BCUT2D eigenvalue weighted by molar-refractivity contribution is 5.79. The summed E-state index contributed by atoms with van der Waals surface area (Å²) in [5.41, 5.74) is 2.07. The Balaban J connectivity index is 2.77. The Morgan fingerprint density at radius 2 is 2.17 bits per heavy atom. The maximum Gasteiger partial charge on any atom is 0.177 e. The fourth-order valence-corrected chi connectivity index (χ4v) is 1.23. The van der Waals surface area contributed by atoms with E-state index in [1.807, 2.05) is 25.1 Å². The summed E-state index contributed by atoms with van der Waals surface area (Å²) in [6.45, 7) is 2.04. The minimum atomic E-state index is 0.593. The molecule has 0 radical (unpaired) electrons. The second-order valence-corrected chi connectivity index (χ2v) is 2.80. The Bertz CT molecular complexity index is 457. The summed E-state index contributed by atoms with van der Waals surface area (Å²) in [7, 11) is 0. The van der Waals surface area contributed by atoms with E-state index in [-0.39, 0.29) is 0 Å². The summed E-state index contributed by atoms with van der Waals surface area (Å²) in [6, 6.07) is 7.87. The monoisotopic (exact) mass is 156 g/mol. The van der Waals surface area contributed by atoms with Crippen LogP contribution in [0.1, 0.15) is 11.3 Å². The average molecular weight is 156 g/mol. The van der Waals surface area contributed by atoms with E-state index in [0.717, 1.165) is 11.0 Å². The summed E-state index contributed by atoms with van der Waals surface area (Å²) in [6.07, 6.45) is 5.21. The molecule has 0 saturated heterocycles. The summed E-state index contributed by atoms with van der Waals surface area (Å²) < 4.78 is 5.34. The molecule has 2 aromatic rings. The Hall–Kier alpha value is -1.68. The number of hydrogen-bond acceptors (Lipinski definition) is 1. The quantitative estimate of drug-likeness (QED) is 0.534. The van der Waals surface area contributed by atoms with E-state index in [2.05, 4.69) is 12.0 Å². The van der Waals surface area contributed by atoms with Crippen molar-refractivity contribution in [3.05, 3.63) is 35.6 Å². The van der Waals surface area contributed by atoms with Gasteiger partial charge in [-0.15, -0.1) is 6.42 Å². The van der Waals surface area contributed by atoms with E-state index in [0.29, 0.717) is 5.76 Å². The number of hydrogen-bond donors (Lipinski definition) is 0. The van der Waals surface area contributed by atoms with Gasteiger partial charge in [-0.1, -0.05) is 11.6 Å². The van der Waals surface area contributed by atoms with Gasteiger partial charge in [0.05, 0.1) is 0 Å².